The number of aliphatic carboxylic acids is 1. The zero-order valence-electron chi connectivity index (χ0n) is 14.3. The average molecular weight is 350 g/mol. The molecule has 5 nitrogen and oxygen atoms in total. The second-order valence-electron chi connectivity index (χ2n) is 5.89. The largest absolute Gasteiger partial charge is 0.493 e. The minimum Gasteiger partial charge on any atom is -0.493 e. The minimum absolute atomic E-state index is 0.0111. The summed E-state index contributed by atoms with van der Waals surface area (Å²) < 4.78 is 12.0. The van der Waals surface area contributed by atoms with Crippen molar-refractivity contribution < 1.29 is 24.2 Å². The van der Waals surface area contributed by atoms with Crippen LogP contribution in [-0.4, -0.2) is 30.1 Å². The van der Waals surface area contributed by atoms with Crippen LogP contribution in [0.2, 0.25) is 0 Å². The average Bonchev–Trinajstić information content (AvgIpc) is 2.93. The molecule has 6 heteroatoms. The van der Waals surface area contributed by atoms with Crippen LogP contribution >= 0.6 is 11.3 Å². The van der Waals surface area contributed by atoms with E-state index in [0.717, 1.165) is 10.1 Å². The Morgan fingerprint density at radius 3 is 2.46 bits per heavy atom. The van der Waals surface area contributed by atoms with Crippen molar-refractivity contribution in [3.8, 4) is 11.5 Å². The Hall–Kier alpha value is -2.08. The molecule has 0 radical (unpaired) electrons. The fourth-order valence-corrected chi connectivity index (χ4v) is 3.44. The first-order valence-corrected chi connectivity index (χ1v) is 8.71. The number of hydrogen-bond donors (Lipinski definition) is 1. The van der Waals surface area contributed by atoms with Crippen LogP contribution in [0.3, 0.4) is 0 Å². The lowest BCUT2D eigenvalue weighted by Crippen LogP contribution is -2.16. The third-order valence-corrected chi connectivity index (χ3v) is 4.85. The van der Waals surface area contributed by atoms with Crippen LogP contribution in [0.5, 0.6) is 11.5 Å². The van der Waals surface area contributed by atoms with Crippen molar-refractivity contribution in [3.63, 3.8) is 0 Å². The van der Waals surface area contributed by atoms with Gasteiger partial charge in [0.05, 0.1) is 24.0 Å². The van der Waals surface area contributed by atoms with Crippen molar-refractivity contribution in [2.75, 3.05) is 7.11 Å². The number of rotatable bonds is 8. The maximum atomic E-state index is 12.4. The highest BCUT2D eigenvalue weighted by Crippen LogP contribution is 2.37. The molecule has 2 aromatic rings. The molecule has 0 aliphatic heterocycles. The molecular formula is C18H22O5S. The van der Waals surface area contributed by atoms with E-state index in [1.54, 1.807) is 20.1 Å². The van der Waals surface area contributed by atoms with Crippen LogP contribution < -0.4 is 9.47 Å². The van der Waals surface area contributed by atoms with Crippen LogP contribution in [-0.2, 0) is 4.79 Å². The van der Waals surface area contributed by atoms with Gasteiger partial charge < -0.3 is 14.6 Å². The number of Topliss-reactive ketones (excluding diaryl/α,β-unsaturated/α-hetero) is 1. The van der Waals surface area contributed by atoms with E-state index in [1.165, 1.54) is 11.3 Å². The predicted molar refractivity (Wildman–Crippen MR) is 94.5 cm³/mol. The number of carboxylic acid groups (broad SMARTS) is 1. The summed E-state index contributed by atoms with van der Waals surface area (Å²) in [5.41, 5.74) is 0. The lowest BCUT2D eigenvalue weighted by molar-refractivity contribution is -0.141. The standard InChI is InChI=1S/C18H22O5S/c1-5-11(18(20)21)6-13(19)17-8-12-7-15(23-10(2)3)14(22-4)9-16(12)24-17/h7-11H,5-6H2,1-4H3,(H,20,21). The Morgan fingerprint density at radius 2 is 1.92 bits per heavy atom. The molecule has 1 aromatic heterocycles. The van der Waals surface area contributed by atoms with E-state index in [-0.39, 0.29) is 18.3 Å². The molecule has 0 saturated heterocycles. The minimum atomic E-state index is -0.929. The van der Waals surface area contributed by atoms with Gasteiger partial charge >= 0.3 is 5.97 Å². The van der Waals surface area contributed by atoms with Gasteiger partial charge in [0, 0.05) is 17.2 Å². The zero-order valence-corrected chi connectivity index (χ0v) is 15.1. The van der Waals surface area contributed by atoms with Crippen molar-refractivity contribution in [2.24, 2.45) is 5.92 Å². The summed E-state index contributed by atoms with van der Waals surface area (Å²) in [6.07, 6.45) is 0.467. The van der Waals surface area contributed by atoms with Crippen molar-refractivity contribution in [1.29, 1.82) is 0 Å². The third-order valence-electron chi connectivity index (χ3n) is 3.71. The summed E-state index contributed by atoms with van der Waals surface area (Å²) in [5, 5.41) is 10.0. The van der Waals surface area contributed by atoms with Crippen molar-refractivity contribution >= 4 is 33.2 Å². The number of thiophene rings is 1. The number of carbonyl (C=O) groups is 2. The van der Waals surface area contributed by atoms with Crippen LogP contribution in [0.1, 0.15) is 43.3 Å². The summed E-state index contributed by atoms with van der Waals surface area (Å²) in [7, 11) is 1.58. The summed E-state index contributed by atoms with van der Waals surface area (Å²) in [6.45, 7) is 5.64. The van der Waals surface area contributed by atoms with Crippen LogP contribution in [0.15, 0.2) is 18.2 Å². The highest BCUT2D eigenvalue weighted by Gasteiger charge is 2.22. The maximum absolute atomic E-state index is 12.4. The SMILES string of the molecule is CCC(CC(=O)c1cc2cc(OC(C)C)c(OC)cc2s1)C(=O)O. The van der Waals surface area contributed by atoms with Crippen LogP contribution in [0, 0.1) is 5.92 Å². The fraction of sp³-hybridized carbons (Fsp3) is 0.444. The smallest absolute Gasteiger partial charge is 0.306 e. The summed E-state index contributed by atoms with van der Waals surface area (Å²) in [6, 6.07) is 5.50. The highest BCUT2D eigenvalue weighted by molar-refractivity contribution is 7.20. The van der Waals surface area contributed by atoms with Crippen molar-refractivity contribution in [3.05, 3.63) is 23.1 Å². The summed E-state index contributed by atoms with van der Waals surface area (Å²) in [4.78, 5) is 24.1. The molecule has 1 unspecified atom stereocenters. The molecule has 1 N–H and O–H groups in total. The van der Waals surface area contributed by atoms with Gasteiger partial charge in [0.2, 0.25) is 0 Å². The van der Waals surface area contributed by atoms with E-state index in [4.69, 9.17) is 14.6 Å². The van der Waals surface area contributed by atoms with E-state index in [0.29, 0.717) is 22.8 Å². The number of benzene rings is 1. The normalized spacial score (nSPS) is 12.4. The number of carboxylic acids is 1. The molecule has 0 spiro atoms. The first-order valence-electron chi connectivity index (χ1n) is 7.89. The molecule has 1 aromatic carbocycles. The first kappa shape index (κ1) is 18.3. The monoisotopic (exact) mass is 350 g/mol. The van der Waals surface area contributed by atoms with Crippen LogP contribution in [0.25, 0.3) is 10.1 Å². The van der Waals surface area contributed by atoms with Gasteiger partial charge in [0.1, 0.15) is 0 Å². The molecule has 0 aliphatic carbocycles. The van der Waals surface area contributed by atoms with Gasteiger partial charge in [0.15, 0.2) is 17.3 Å². The van der Waals surface area contributed by atoms with Crippen LogP contribution in [0.4, 0.5) is 0 Å². The molecule has 24 heavy (non-hydrogen) atoms. The Bertz CT molecular complexity index is 747. The van der Waals surface area contributed by atoms with Gasteiger partial charge in [0.25, 0.3) is 0 Å². The Morgan fingerprint density at radius 1 is 1.21 bits per heavy atom. The van der Waals surface area contributed by atoms with Gasteiger partial charge in [-0.1, -0.05) is 6.92 Å². The van der Waals surface area contributed by atoms with Crippen molar-refractivity contribution in [2.45, 2.75) is 39.7 Å². The molecule has 2 rings (SSSR count). The Balaban J connectivity index is 2.33. The number of hydrogen-bond acceptors (Lipinski definition) is 5. The Kier molecular flexibility index (Phi) is 5.83. The topological polar surface area (TPSA) is 72.8 Å². The molecule has 0 saturated carbocycles. The number of fused-ring (bicyclic) bond motifs is 1. The van der Waals surface area contributed by atoms with Crippen molar-refractivity contribution in [1.82, 2.24) is 0 Å². The van der Waals surface area contributed by atoms with E-state index < -0.39 is 11.9 Å². The number of carbonyl (C=O) groups excluding carboxylic acids is 1. The number of ether oxygens (including phenoxy) is 2. The van der Waals surface area contributed by atoms with Gasteiger partial charge in [-0.3, -0.25) is 9.59 Å². The van der Waals surface area contributed by atoms with E-state index >= 15 is 0 Å². The Labute approximate surface area is 145 Å². The van der Waals surface area contributed by atoms with Gasteiger partial charge in [-0.05, 0) is 37.8 Å². The third kappa shape index (κ3) is 4.06. The first-order chi connectivity index (χ1) is 11.3. The van der Waals surface area contributed by atoms with E-state index in [1.807, 2.05) is 26.0 Å². The number of methoxy groups -OCH3 is 1. The molecular weight excluding hydrogens is 328 g/mol. The molecule has 0 bridgehead atoms. The van der Waals surface area contributed by atoms with Gasteiger partial charge in [-0.25, -0.2) is 0 Å². The predicted octanol–water partition coefficient (Wildman–Crippen LogP) is 4.38. The second-order valence-corrected chi connectivity index (χ2v) is 6.97. The molecule has 0 fully saturated rings. The second kappa shape index (κ2) is 7.66. The maximum Gasteiger partial charge on any atom is 0.306 e. The fourth-order valence-electron chi connectivity index (χ4n) is 2.42. The van der Waals surface area contributed by atoms with E-state index in [2.05, 4.69) is 0 Å². The molecule has 1 heterocycles. The lowest BCUT2D eigenvalue weighted by atomic mass is 9.99. The molecule has 0 aliphatic rings. The summed E-state index contributed by atoms with van der Waals surface area (Å²) >= 11 is 1.35. The zero-order chi connectivity index (χ0) is 17.9. The van der Waals surface area contributed by atoms with E-state index in [9.17, 15) is 9.59 Å². The summed E-state index contributed by atoms with van der Waals surface area (Å²) in [5.74, 6) is -0.461. The molecule has 0 amide bonds. The highest BCUT2D eigenvalue weighted by atomic mass is 32.1. The number of ketones is 1. The molecule has 130 valence electrons. The lowest BCUT2D eigenvalue weighted by Gasteiger charge is -2.13. The van der Waals surface area contributed by atoms with Gasteiger partial charge in [-0.2, -0.15) is 0 Å². The quantitative estimate of drug-likeness (QED) is 0.715. The van der Waals surface area contributed by atoms with Gasteiger partial charge in [-0.15, -0.1) is 11.3 Å². The molecule has 1 atom stereocenters.